The standard InChI is InChI=1S/C20H19ClFN3O4/c1-28-10-15-18(21)24-16(13-8-12-4-7-29-17(12)14(22)9-13)19(23-15)25-5-2-11(3-6-25)20(26)27/h4,7-9,11H,2-3,5-6,10H2,1H3,(H,26,27). The number of nitrogens with zero attached hydrogens (tertiary/aromatic N) is 3. The van der Waals surface area contributed by atoms with Crippen LogP contribution in [0.5, 0.6) is 0 Å². The second kappa shape index (κ2) is 7.96. The molecule has 152 valence electrons. The smallest absolute Gasteiger partial charge is 0.306 e. The van der Waals surface area contributed by atoms with Gasteiger partial charge in [-0.2, -0.15) is 0 Å². The van der Waals surface area contributed by atoms with Crippen molar-refractivity contribution in [2.24, 2.45) is 5.92 Å². The van der Waals surface area contributed by atoms with Crippen molar-refractivity contribution < 1.29 is 23.4 Å². The van der Waals surface area contributed by atoms with Gasteiger partial charge in [0.15, 0.2) is 22.4 Å². The Morgan fingerprint density at radius 3 is 2.83 bits per heavy atom. The van der Waals surface area contributed by atoms with E-state index in [2.05, 4.69) is 9.97 Å². The molecule has 29 heavy (non-hydrogen) atoms. The molecule has 0 atom stereocenters. The molecule has 1 N–H and O–H groups in total. The number of methoxy groups -OCH3 is 1. The van der Waals surface area contributed by atoms with E-state index in [9.17, 15) is 14.3 Å². The normalized spacial score (nSPS) is 15.2. The fraction of sp³-hybridized carbons (Fsp3) is 0.350. The summed E-state index contributed by atoms with van der Waals surface area (Å²) in [7, 11) is 1.53. The van der Waals surface area contributed by atoms with Gasteiger partial charge in [0.2, 0.25) is 0 Å². The Balaban J connectivity index is 1.79. The first-order valence-corrected chi connectivity index (χ1v) is 9.56. The van der Waals surface area contributed by atoms with Crippen molar-refractivity contribution >= 4 is 34.4 Å². The van der Waals surface area contributed by atoms with E-state index in [1.165, 1.54) is 19.4 Å². The minimum Gasteiger partial charge on any atom is -0.481 e. The summed E-state index contributed by atoms with van der Waals surface area (Å²) >= 11 is 6.31. The summed E-state index contributed by atoms with van der Waals surface area (Å²) in [6.07, 6.45) is 2.41. The largest absolute Gasteiger partial charge is 0.481 e. The molecule has 2 aromatic heterocycles. The van der Waals surface area contributed by atoms with Crippen LogP contribution in [0.4, 0.5) is 10.2 Å². The Hall–Kier alpha value is -2.71. The topological polar surface area (TPSA) is 88.7 Å². The van der Waals surface area contributed by atoms with E-state index in [1.807, 2.05) is 4.90 Å². The number of halogens is 2. The van der Waals surface area contributed by atoms with Crippen LogP contribution in [0.25, 0.3) is 22.2 Å². The SMILES string of the molecule is COCc1nc(N2CCC(C(=O)O)CC2)c(-c2cc(F)c3occc3c2)nc1Cl. The van der Waals surface area contributed by atoms with Gasteiger partial charge >= 0.3 is 5.97 Å². The average Bonchev–Trinajstić information content (AvgIpc) is 3.19. The van der Waals surface area contributed by atoms with Gasteiger partial charge in [-0.05, 0) is 31.0 Å². The molecule has 0 aliphatic carbocycles. The highest BCUT2D eigenvalue weighted by atomic mass is 35.5. The summed E-state index contributed by atoms with van der Waals surface area (Å²) in [6, 6.07) is 4.79. The van der Waals surface area contributed by atoms with Crippen LogP contribution in [-0.4, -0.2) is 41.2 Å². The van der Waals surface area contributed by atoms with Crippen molar-refractivity contribution in [1.29, 1.82) is 0 Å². The summed E-state index contributed by atoms with van der Waals surface area (Å²) in [5.41, 5.74) is 1.60. The van der Waals surface area contributed by atoms with Gasteiger partial charge in [0.25, 0.3) is 0 Å². The van der Waals surface area contributed by atoms with E-state index < -0.39 is 11.8 Å². The van der Waals surface area contributed by atoms with E-state index >= 15 is 0 Å². The molecule has 9 heteroatoms. The Kier molecular flexibility index (Phi) is 5.38. The van der Waals surface area contributed by atoms with Crippen LogP contribution >= 0.6 is 11.6 Å². The lowest BCUT2D eigenvalue weighted by Crippen LogP contribution is -2.37. The van der Waals surface area contributed by atoms with Gasteiger partial charge in [-0.25, -0.2) is 14.4 Å². The van der Waals surface area contributed by atoms with Crippen LogP contribution < -0.4 is 4.90 Å². The van der Waals surface area contributed by atoms with E-state index in [0.717, 1.165) is 0 Å². The van der Waals surface area contributed by atoms with Crippen molar-refractivity contribution in [3.8, 4) is 11.3 Å². The summed E-state index contributed by atoms with van der Waals surface area (Å²) in [4.78, 5) is 22.4. The van der Waals surface area contributed by atoms with Crippen LogP contribution in [0.15, 0.2) is 28.9 Å². The van der Waals surface area contributed by atoms with Gasteiger partial charge in [-0.15, -0.1) is 0 Å². The Labute approximate surface area is 171 Å². The Morgan fingerprint density at radius 2 is 2.14 bits per heavy atom. The number of rotatable bonds is 5. The number of carbonyl (C=O) groups is 1. The number of ether oxygens (including phenoxy) is 1. The van der Waals surface area contributed by atoms with Gasteiger partial charge in [0.1, 0.15) is 11.4 Å². The molecule has 0 radical (unpaired) electrons. The zero-order chi connectivity index (χ0) is 20.5. The van der Waals surface area contributed by atoms with Gasteiger partial charge in [-0.1, -0.05) is 11.6 Å². The lowest BCUT2D eigenvalue weighted by Gasteiger charge is -2.32. The number of fused-ring (bicyclic) bond motifs is 1. The summed E-state index contributed by atoms with van der Waals surface area (Å²) < 4.78 is 24.8. The predicted octanol–water partition coefficient (Wildman–Crippen LogP) is 4.13. The number of furan rings is 1. The Morgan fingerprint density at radius 1 is 1.38 bits per heavy atom. The average molecular weight is 420 g/mol. The molecular weight excluding hydrogens is 401 g/mol. The number of hydrogen-bond donors (Lipinski definition) is 1. The maximum absolute atomic E-state index is 14.5. The quantitative estimate of drug-likeness (QED) is 0.665. The third kappa shape index (κ3) is 3.77. The van der Waals surface area contributed by atoms with Crippen LogP contribution in [0.1, 0.15) is 18.5 Å². The maximum atomic E-state index is 14.5. The molecule has 1 aliphatic heterocycles. The molecule has 0 spiro atoms. The maximum Gasteiger partial charge on any atom is 0.306 e. The molecule has 1 fully saturated rings. The fourth-order valence-electron chi connectivity index (χ4n) is 3.60. The number of aliphatic carboxylic acids is 1. The molecule has 1 aromatic carbocycles. The molecule has 0 saturated carbocycles. The zero-order valence-electron chi connectivity index (χ0n) is 15.7. The van der Waals surface area contributed by atoms with Gasteiger partial charge in [0.05, 0.1) is 18.8 Å². The zero-order valence-corrected chi connectivity index (χ0v) is 16.4. The fourth-order valence-corrected chi connectivity index (χ4v) is 3.78. The summed E-state index contributed by atoms with van der Waals surface area (Å²) in [5.74, 6) is -1.14. The third-order valence-corrected chi connectivity index (χ3v) is 5.41. The first kappa shape index (κ1) is 19.6. The first-order valence-electron chi connectivity index (χ1n) is 9.18. The van der Waals surface area contributed by atoms with Gasteiger partial charge in [0, 0.05) is 31.1 Å². The molecular formula is C20H19ClFN3O4. The highest BCUT2D eigenvalue weighted by Gasteiger charge is 2.28. The van der Waals surface area contributed by atoms with Gasteiger partial charge < -0.3 is 19.2 Å². The number of carboxylic acids is 1. The highest BCUT2D eigenvalue weighted by molar-refractivity contribution is 6.30. The van der Waals surface area contributed by atoms with E-state index in [1.54, 1.807) is 12.1 Å². The predicted molar refractivity (Wildman–Crippen MR) is 105 cm³/mol. The summed E-state index contributed by atoms with van der Waals surface area (Å²) in [5, 5.41) is 10.0. The van der Waals surface area contributed by atoms with Gasteiger partial charge in [-0.3, -0.25) is 4.79 Å². The van der Waals surface area contributed by atoms with Crippen molar-refractivity contribution in [2.45, 2.75) is 19.4 Å². The molecule has 4 rings (SSSR count). The first-order chi connectivity index (χ1) is 14.0. The molecule has 3 aromatic rings. The lowest BCUT2D eigenvalue weighted by atomic mass is 9.97. The molecule has 1 aliphatic rings. The van der Waals surface area contributed by atoms with E-state index in [4.69, 9.17) is 20.8 Å². The number of aromatic nitrogens is 2. The molecule has 0 unspecified atom stereocenters. The third-order valence-electron chi connectivity index (χ3n) is 5.10. The Bertz CT molecular complexity index is 1060. The second-order valence-electron chi connectivity index (χ2n) is 6.96. The lowest BCUT2D eigenvalue weighted by molar-refractivity contribution is -0.142. The number of anilines is 1. The monoisotopic (exact) mass is 419 g/mol. The minimum absolute atomic E-state index is 0.174. The van der Waals surface area contributed by atoms with Crippen molar-refractivity contribution in [3.63, 3.8) is 0 Å². The highest BCUT2D eigenvalue weighted by Crippen LogP contribution is 2.35. The minimum atomic E-state index is -0.792. The van der Waals surface area contributed by atoms with Crippen LogP contribution in [0.3, 0.4) is 0 Å². The number of hydrogen-bond acceptors (Lipinski definition) is 6. The van der Waals surface area contributed by atoms with E-state index in [0.29, 0.717) is 54.1 Å². The molecule has 1 saturated heterocycles. The van der Waals surface area contributed by atoms with Crippen LogP contribution in [0, 0.1) is 11.7 Å². The number of piperidine rings is 1. The number of benzene rings is 1. The molecule has 7 nitrogen and oxygen atoms in total. The van der Waals surface area contributed by atoms with Crippen LogP contribution in [-0.2, 0) is 16.1 Å². The van der Waals surface area contributed by atoms with Crippen LogP contribution in [0.2, 0.25) is 5.15 Å². The number of carboxylic acid groups (broad SMARTS) is 1. The van der Waals surface area contributed by atoms with Crippen molar-refractivity contribution in [1.82, 2.24) is 9.97 Å². The second-order valence-corrected chi connectivity index (χ2v) is 7.32. The molecule has 3 heterocycles. The van der Waals surface area contributed by atoms with Crippen molar-refractivity contribution in [2.75, 3.05) is 25.1 Å². The molecule has 0 bridgehead atoms. The van der Waals surface area contributed by atoms with E-state index in [-0.39, 0.29) is 23.3 Å². The van der Waals surface area contributed by atoms with Crippen molar-refractivity contribution in [3.05, 3.63) is 41.1 Å². The molecule has 0 amide bonds. The summed E-state index contributed by atoms with van der Waals surface area (Å²) in [6.45, 7) is 1.19.